The van der Waals surface area contributed by atoms with Crippen molar-refractivity contribution in [3.05, 3.63) is 47.7 Å². The number of aromatic nitrogens is 1. The molecule has 1 N–H and O–H groups in total. The van der Waals surface area contributed by atoms with E-state index in [1.807, 2.05) is 6.07 Å². The minimum Gasteiger partial charge on any atom is -0.508 e. The predicted molar refractivity (Wildman–Crippen MR) is 61.8 cm³/mol. The molecule has 2 rings (SSSR count). The maximum atomic E-state index is 10.9. The quantitative estimate of drug-likeness (QED) is 0.875. The fourth-order valence-electron chi connectivity index (χ4n) is 1.60. The number of phenols is 1. The second-order valence-electron chi connectivity index (χ2n) is 3.95. The second-order valence-corrected chi connectivity index (χ2v) is 3.95. The molecule has 1 heterocycles. The lowest BCUT2D eigenvalue weighted by Crippen LogP contribution is -1.93. The zero-order valence-corrected chi connectivity index (χ0v) is 9.51. The molecule has 0 fully saturated rings. The smallest absolute Gasteiger partial charge is 0.198 e. The Labute approximate surface area is 98.9 Å². The van der Waals surface area contributed by atoms with Crippen molar-refractivity contribution in [2.45, 2.75) is 19.8 Å². The number of carbonyl (C=O) groups excluding carboxylic acids is 1. The zero-order valence-electron chi connectivity index (χ0n) is 9.51. The number of Topliss-reactive ketones (excluding diaryl/α,β-unsaturated/α-hetero) is 1. The summed E-state index contributed by atoms with van der Waals surface area (Å²) in [6.07, 6.45) is 2.35. The molecule has 0 atom stereocenters. The summed E-state index contributed by atoms with van der Waals surface area (Å²) in [4.78, 5) is 15.0. The molecule has 4 nitrogen and oxygen atoms in total. The third-order valence-corrected chi connectivity index (χ3v) is 2.29. The standard InChI is InChI=1S/C13H13NO3/c1-9(15)5-12-8-14-13(17-12)7-10-3-2-4-11(16)6-10/h2-4,6,8,16H,5,7H2,1H3. The van der Waals surface area contributed by atoms with Gasteiger partial charge in [-0.2, -0.15) is 0 Å². The molecule has 0 amide bonds. The van der Waals surface area contributed by atoms with Gasteiger partial charge in [-0.3, -0.25) is 4.79 Å². The summed E-state index contributed by atoms with van der Waals surface area (Å²) in [7, 11) is 0. The first-order valence-electron chi connectivity index (χ1n) is 5.34. The number of carbonyl (C=O) groups is 1. The molecule has 0 radical (unpaired) electrons. The molecule has 0 aliphatic rings. The largest absolute Gasteiger partial charge is 0.508 e. The van der Waals surface area contributed by atoms with Crippen LogP contribution in [0.25, 0.3) is 0 Å². The number of ketones is 1. The average Bonchev–Trinajstić information content (AvgIpc) is 2.64. The normalized spacial score (nSPS) is 10.4. The summed E-state index contributed by atoms with van der Waals surface area (Å²) in [5.41, 5.74) is 0.918. The van der Waals surface area contributed by atoms with Crippen LogP contribution >= 0.6 is 0 Å². The summed E-state index contributed by atoms with van der Waals surface area (Å²) in [5, 5.41) is 9.32. The molecule has 2 aromatic rings. The van der Waals surface area contributed by atoms with Gasteiger partial charge in [-0.05, 0) is 24.6 Å². The fraction of sp³-hybridized carbons (Fsp3) is 0.231. The average molecular weight is 231 g/mol. The van der Waals surface area contributed by atoms with E-state index < -0.39 is 0 Å². The van der Waals surface area contributed by atoms with E-state index in [0.29, 0.717) is 18.1 Å². The van der Waals surface area contributed by atoms with Gasteiger partial charge in [0.1, 0.15) is 17.3 Å². The third kappa shape index (κ3) is 3.17. The molecule has 0 saturated heterocycles. The summed E-state index contributed by atoms with van der Waals surface area (Å²) >= 11 is 0. The SMILES string of the molecule is CC(=O)Cc1cnc(Cc2cccc(O)c2)o1. The van der Waals surface area contributed by atoms with Crippen LogP contribution in [0, 0.1) is 0 Å². The fourth-order valence-corrected chi connectivity index (χ4v) is 1.60. The van der Waals surface area contributed by atoms with E-state index in [4.69, 9.17) is 4.42 Å². The van der Waals surface area contributed by atoms with Crippen molar-refractivity contribution in [2.24, 2.45) is 0 Å². The first-order chi connectivity index (χ1) is 8.13. The summed E-state index contributed by atoms with van der Waals surface area (Å²) in [6, 6.07) is 6.92. The van der Waals surface area contributed by atoms with Crippen LogP contribution in [0.3, 0.4) is 0 Å². The van der Waals surface area contributed by atoms with Gasteiger partial charge in [0, 0.05) is 6.42 Å². The monoisotopic (exact) mass is 231 g/mol. The van der Waals surface area contributed by atoms with Gasteiger partial charge in [0.15, 0.2) is 5.89 Å². The highest BCUT2D eigenvalue weighted by Gasteiger charge is 2.07. The highest BCUT2D eigenvalue weighted by molar-refractivity contribution is 5.77. The van der Waals surface area contributed by atoms with E-state index in [1.165, 1.54) is 6.92 Å². The molecule has 17 heavy (non-hydrogen) atoms. The van der Waals surface area contributed by atoms with Crippen LogP contribution in [0.4, 0.5) is 0 Å². The Kier molecular flexibility index (Phi) is 3.23. The molecular weight excluding hydrogens is 218 g/mol. The maximum absolute atomic E-state index is 10.9. The molecule has 0 aliphatic heterocycles. The maximum Gasteiger partial charge on any atom is 0.198 e. The van der Waals surface area contributed by atoms with Crippen LogP contribution in [0.5, 0.6) is 5.75 Å². The van der Waals surface area contributed by atoms with Crippen LogP contribution in [-0.4, -0.2) is 15.9 Å². The van der Waals surface area contributed by atoms with Crippen molar-refractivity contribution in [1.29, 1.82) is 0 Å². The van der Waals surface area contributed by atoms with Crippen molar-refractivity contribution in [3.8, 4) is 5.75 Å². The van der Waals surface area contributed by atoms with Crippen molar-refractivity contribution >= 4 is 5.78 Å². The van der Waals surface area contributed by atoms with E-state index in [1.54, 1.807) is 24.4 Å². The number of rotatable bonds is 4. The van der Waals surface area contributed by atoms with E-state index in [9.17, 15) is 9.90 Å². The van der Waals surface area contributed by atoms with Crippen molar-refractivity contribution < 1.29 is 14.3 Å². The number of oxazole rings is 1. The topological polar surface area (TPSA) is 63.3 Å². The van der Waals surface area contributed by atoms with Crippen LogP contribution < -0.4 is 0 Å². The van der Waals surface area contributed by atoms with Crippen molar-refractivity contribution in [1.82, 2.24) is 4.98 Å². The Hall–Kier alpha value is -2.10. The highest BCUT2D eigenvalue weighted by atomic mass is 16.4. The van der Waals surface area contributed by atoms with Crippen molar-refractivity contribution in [3.63, 3.8) is 0 Å². The van der Waals surface area contributed by atoms with Gasteiger partial charge in [-0.1, -0.05) is 12.1 Å². The number of hydrogen-bond acceptors (Lipinski definition) is 4. The summed E-state index contributed by atoms with van der Waals surface area (Å²) in [6.45, 7) is 1.51. The van der Waals surface area contributed by atoms with E-state index in [2.05, 4.69) is 4.98 Å². The Morgan fingerprint density at radius 1 is 1.47 bits per heavy atom. The van der Waals surface area contributed by atoms with Gasteiger partial charge >= 0.3 is 0 Å². The minimum absolute atomic E-state index is 0.0463. The number of phenolic OH excluding ortho intramolecular Hbond substituents is 1. The first kappa shape index (κ1) is 11.4. The van der Waals surface area contributed by atoms with Gasteiger partial charge in [-0.15, -0.1) is 0 Å². The molecule has 1 aromatic heterocycles. The Balaban J connectivity index is 2.08. The Morgan fingerprint density at radius 3 is 3.00 bits per heavy atom. The zero-order chi connectivity index (χ0) is 12.3. The van der Waals surface area contributed by atoms with Gasteiger partial charge in [0.25, 0.3) is 0 Å². The van der Waals surface area contributed by atoms with Crippen LogP contribution in [-0.2, 0) is 17.6 Å². The molecule has 4 heteroatoms. The van der Waals surface area contributed by atoms with Crippen molar-refractivity contribution in [2.75, 3.05) is 0 Å². The molecule has 1 aromatic carbocycles. The molecule has 0 aliphatic carbocycles. The first-order valence-corrected chi connectivity index (χ1v) is 5.34. The second kappa shape index (κ2) is 4.82. The van der Waals surface area contributed by atoms with Crippen LogP contribution in [0.15, 0.2) is 34.9 Å². The molecule has 0 bridgehead atoms. The van der Waals surface area contributed by atoms with Gasteiger partial charge in [-0.25, -0.2) is 4.98 Å². The van der Waals surface area contributed by atoms with E-state index >= 15 is 0 Å². The number of aromatic hydroxyl groups is 1. The van der Waals surface area contributed by atoms with Crippen LogP contribution in [0.2, 0.25) is 0 Å². The Morgan fingerprint density at radius 2 is 2.29 bits per heavy atom. The number of hydrogen-bond donors (Lipinski definition) is 1. The minimum atomic E-state index is 0.0463. The van der Waals surface area contributed by atoms with Gasteiger partial charge < -0.3 is 9.52 Å². The lowest BCUT2D eigenvalue weighted by Gasteiger charge is -1.98. The van der Waals surface area contributed by atoms with Gasteiger partial charge in [0.05, 0.1) is 12.6 Å². The van der Waals surface area contributed by atoms with Gasteiger partial charge in [0.2, 0.25) is 0 Å². The van der Waals surface area contributed by atoms with E-state index in [-0.39, 0.29) is 18.0 Å². The molecule has 0 saturated carbocycles. The number of benzene rings is 1. The lowest BCUT2D eigenvalue weighted by molar-refractivity contribution is -0.116. The summed E-state index contributed by atoms with van der Waals surface area (Å²) in [5.74, 6) is 1.39. The number of nitrogens with zero attached hydrogens (tertiary/aromatic N) is 1. The molecular formula is C13H13NO3. The highest BCUT2D eigenvalue weighted by Crippen LogP contribution is 2.15. The molecule has 0 unspecified atom stereocenters. The molecule has 0 spiro atoms. The van der Waals surface area contributed by atoms with Crippen LogP contribution in [0.1, 0.15) is 24.1 Å². The molecule has 88 valence electrons. The summed E-state index contributed by atoms with van der Waals surface area (Å²) < 4.78 is 5.42. The Bertz CT molecular complexity index is 531. The lowest BCUT2D eigenvalue weighted by atomic mass is 10.1. The third-order valence-electron chi connectivity index (χ3n) is 2.29. The van der Waals surface area contributed by atoms with E-state index in [0.717, 1.165) is 5.56 Å². The predicted octanol–water partition coefficient (Wildman–Crippen LogP) is 2.10.